The maximum absolute atomic E-state index is 15.7. The SMILES string of the molecule is CCc1c(N2CCN(C(=O)c3ncnc(C)c3O)CC2)c(=O)n2nc(-c3ccn4nccc4c3F)nc2n1CC(=O)Nc1ccc(C(F)(F)F)cc1Cl. The summed E-state index contributed by atoms with van der Waals surface area (Å²) in [5, 5.41) is 20.9. The fourth-order valence-corrected chi connectivity index (χ4v) is 6.44. The molecule has 1 fully saturated rings. The molecule has 7 rings (SSSR count). The Bertz CT molecular complexity index is 2490. The first-order valence-electron chi connectivity index (χ1n) is 16.1. The van der Waals surface area contributed by atoms with E-state index in [1.807, 2.05) is 0 Å². The smallest absolute Gasteiger partial charge is 0.416 e. The Kier molecular flexibility index (Phi) is 8.96. The van der Waals surface area contributed by atoms with Crippen LogP contribution in [0.25, 0.3) is 22.7 Å². The number of nitrogens with zero attached hydrogens (tertiary/aromatic N) is 10. The summed E-state index contributed by atoms with van der Waals surface area (Å²) < 4.78 is 59.0. The average molecular weight is 754 g/mol. The maximum atomic E-state index is 15.7. The van der Waals surface area contributed by atoms with Crippen LogP contribution in [0.3, 0.4) is 0 Å². The third kappa shape index (κ3) is 6.36. The van der Waals surface area contributed by atoms with Crippen LogP contribution in [-0.4, -0.2) is 86.7 Å². The number of carbonyl (C=O) groups excluding carboxylic acids is 2. The number of anilines is 2. The molecule has 6 aromatic rings. The van der Waals surface area contributed by atoms with Gasteiger partial charge in [-0.2, -0.15) is 27.8 Å². The van der Waals surface area contributed by atoms with Crippen LogP contribution in [0, 0.1) is 12.7 Å². The van der Waals surface area contributed by atoms with Gasteiger partial charge in [-0.1, -0.05) is 18.5 Å². The zero-order chi connectivity index (χ0) is 37.8. The Morgan fingerprint density at radius 1 is 1.08 bits per heavy atom. The minimum absolute atomic E-state index is 0.0384. The molecular formula is C33H28ClF4N11O4. The number of nitrogens with one attached hydrogen (secondary N) is 1. The van der Waals surface area contributed by atoms with Crippen LogP contribution < -0.4 is 15.8 Å². The first-order chi connectivity index (χ1) is 25.3. The monoisotopic (exact) mass is 753 g/mol. The molecule has 1 aliphatic rings. The second-order valence-corrected chi connectivity index (χ2v) is 12.5. The van der Waals surface area contributed by atoms with Crippen LogP contribution in [0.4, 0.5) is 28.9 Å². The van der Waals surface area contributed by atoms with Gasteiger partial charge in [0.15, 0.2) is 23.1 Å². The average Bonchev–Trinajstić information content (AvgIpc) is 3.80. The molecule has 0 spiro atoms. The van der Waals surface area contributed by atoms with Gasteiger partial charge in [0.1, 0.15) is 24.1 Å². The lowest BCUT2D eigenvalue weighted by molar-refractivity contribution is -0.137. The van der Waals surface area contributed by atoms with Crippen LogP contribution in [0.2, 0.25) is 5.02 Å². The van der Waals surface area contributed by atoms with Crippen LogP contribution in [0.5, 0.6) is 5.75 Å². The highest BCUT2D eigenvalue weighted by atomic mass is 35.5. The van der Waals surface area contributed by atoms with E-state index in [-0.39, 0.29) is 88.8 Å². The summed E-state index contributed by atoms with van der Waals surface area (Å²) in [7, 11) is 0. The van der Waals surface area contributed by atoms with Gasteiger partial charge in [-0.25, -0.2) is 18.9 Å². The zero-order valence-electron chi connectivity index (χ0n) is 27.9. The third-order valence-electron chi connectivity index (χ3n) is 8.88. The molecule has 1 saturated heterocycles. The van der Waals surface area contributed by atoms with E-state index in [0.717, 1.165) is 16.6 Å². The summed E-state index contributed by atoms with van der Waals surface area (Å²) >= 11 is 6.11. The molecule has 15 nitrogen and oxygen atoms in total. The van der Waals surface area contributed by atoms with Gasteiger partial charge >= 0.3 is 6.18 Å². The van der Waals surface area contributed by atoms with Crippen molar-refractivity contribution in [3.05, 3.63) is 92.9 Å². The zero-order valence-corrected chi connectivity index (χ0v) is 28.7. The number of halogens is 5. The van der Waals surface area contributed by atoms with Gasteiger partial charge < -0.3 is 24.8 Å². The lowest BCUT2D eigenvalue weighted by Crippen LogP contribution is -2.51. The number of rotatable bonds is 7. The van der Waals surface area contributed by atoms with E-state index in [1.165, 1.54) is 51.8 Å². The van der Waals surface area contributed by atoms with Gasteiger partial charge in [0.2, 0.25) is 11.7 Å². The Morgan fingerprint density at radius 2 is 1.83 bits per heavy atom. The van der Waals surface area contributed by atoms with E-state index < -0.39 is 41.5 Å². The number of hydrogen-bond acceptors (Lipinski definition) is 10. The van der Waals surface area contributed by atoms with E-state index >= 15 is 4.39 Å². The van der Waals surface area contributed by atoms with Crippen molar-refractivity contribution in [2.75, 3.05) is 36.4 Å². The molecule has 0 unspecified atom stereocenters. The summed E-state index contributed by atoms with van der Waals surface area (Å²) in [6, 6.07) is 5.36. The normalized spacial score (nSPS) is 13.6. The number of aryl methyl sites for hydroxylation is 1. The van der Waals surface area contributed by atoms with Crippen LogP contribution in [0.15, 0.2) is 53.8 Å². The number of alkyl halides is 3. The molecule has 2 N–H and O–H groups in total. The standard InChI is InChI=1S/C33H28ClF4N11O4/c1-3-22-27(45-10-12-46(13-11-45)30(52)26-28(51)17(2)39-16-40-26)31(53)49-32(43-29(44-49)19-7-9-48-23(25(19)35)6-8-41-48)47(22)15-24(50)42-21-5-4-18(14-20(21)34)33(36,37)38/h4-9,14,16,51H,3,10-13,15H2,1-2H3,(H,42,50). The number of piperazine rings is 1. The molecule has 0 saturated carbocycles. The Labute approximate surface area is 301 Å². The van der Waals surface area contributed by atoms with E-state index in [0.29, 0.717) is 11.8 Å². The second-order valence-electron chi connectivity index (χ2n) is 12.1. The minimum atomic E-state index is -4.65. The highest BCUT2D eigenvalue weighted by molar-refractivity contribution is 6.33. The van der Waals surface area contributed by atoms with E-state index in [4.69, 9.17) is 11.6 Å². The number of fused-ring (bicyclic) bond motifs is 2. The summed E-state index contributed by atoms with van der Waals surface area (Å²) in [5.74, 6) is -2.52. The maximum Gasteiger partial charge on any atom is 0.416 e. The fraction of sp³-hybridized carbons (Fsp3) is 0.273. The summed E-state index contributed by atoms with van der Waals surface area (Å²) in [6.45, 7) is 3.38. The lowest BCUT2D eigenvalue weighted by Gasteiger charge is -2.36. The van der Waals surface area contributed by atoms with Crippen molar-refractivity contribution in [2.24, 2.45) is 0 Å². The highest BCUT2D eigenvalue weighted by Crippen LogP contribution is 2.34. The fourth-order valence-electron chi connectivity index (χ4n) is 6.21. The molecular weight excluding hydrogens is 726 g/mol. The molecule has 20 heteroatoms. The predicted octanol–water partition coefficient (Wildman–Crippen LogP) is 3.98. The molecule has 5 aromatic heterocycles. The summed E-state index contributed by atoms with van der Waals surface area (Å²) in [5.41, 5.74) is -1.01. The number of benzene rings is 1. The van der Waals surface area contributed by atoms with E-state index in [2.05, 4.69) is 30.5 Å². The number of hydrogen-bond donors (Lipinski definition) is 2. The van der Waals surface area contributed by atoms with Gasteiger partial charge in [0, 0.05) is 32.4 Å². The van der Waals surface area contributed by atoms with Crippen molar-refractivity contribution < 1.29 is 32.3 Å². The second kappa shape index (κ2) is 13.5. The van der Waals surface area contributed by atoms with Crippen LogP contribution in [0.1, 0.15) is 34.4 Å². The number of amides is 2. The summed E-state index contributed by atoms with van der Waals surface area (Å²) in [4.78, 5) is 56.6. The van der Waals surface area contributed by atoms with Gasteiger partial charge in [-0.05, 0) is 43.7 Å². The van der Waals surface area contributed by atoms with Gasteiger partial charge in [0.25, 0.3) is 11.5 Å². The number of carbonyl (C=O) groups is 2. The van der Waals surface area contributed by atoms with Gasteiger partial charge in [-0.3, -0.25) is 14.4 Å². The van der Waals surface area contributed by atoms with Crippen molar-refractivity contribution in [3.8, 4) is 17.1 Å². The topological polar surface area (TPSA) is 168 Å². The van der Waals surface area contributed by atoms with Gasteiger partial charge in [-0.15, -0.1) is 5.10 Å². The number of aromatic nitrogens is 8. The molecule has 1 aromatic carbocycles. The molecule has 274 valence electrons. The lowest BCUT2D eigenvalue weighted by atomic mass is 10.2. The number of pyridine rings is 1. The van der Waals surface area contributed by atoms with Crippen LogP contribution >= 0.6 is 11.6 Å². The van der Waals surface area contributed by atoms with Crippen molar-refractivity contribution >= 4 is 46.1 Å². The molecule has 6 heterocycles. The van der Waals surface area contributed by atoms with E-state index in [9.17, 15) is 32.7 Å². The molecule has 53 heavy (non-hydrogen) atoms. The minimum Gasteiger partial charge on any atom is -0.504 e. The predicted molar refractivity (Wildman–Crippen MR) is 182 cm³/mol. The Morgan fingerprint density at radius 3 is 2.53 bits per heavy atom. The highest BCUT2D eigenvalue weighted by Gasteiger charge is 2.32. The van der Waals surface area contributed by atoms with Crippen LogP contribution in [-0.2, 0) is 23.9 Å². The first kappa shape index (κ1) is 35.3. The Balaban J connectivity index is 1.28. The van der Waals surface area contributed by atoms with Crippen molar-refractivity contribution in [3.63, 3.8) is 0 Å². The quantitative estimate of drug-likeness (QED) is 0.228. The Hall–Kier alpha value is -6.11. The molecule has 0 atom stereocenters. The molecule has 2 amide bonds. The van der Waals surface area contributed by atoms with Crippen molar-refractivity contribution in [2.45, 2.75) is 33.0 Å². The van der Waals surface area contributed by atoms with E-state index in [1.54, 1.807) is 11.8 Å². The first-order valence-corrected chi connectivity index (χ1v) is 16.5. The van der Waals surface area contributed by atoms with Crippen molar-refractivity contribution in [1.29, 1.82) is 0 Å². The van der Waals surface area contributed by atoms with Crippen molar-refractivity contribution in [1.82, 2.24) is 43.6 Å². The largest absolute Gasteiger partial charge is 0.504 e. The molecule has 0 bridgehead atoms. The molecule has 1 aliphatic heterocycles. The third-order valence-corrected chi connectivity index (χ3v) is 9.19. The summed E-state index contributed by atoms with van der Waals surface area (Å²) in [6.07, 6.45) is -0.366. The molecule has 0 radical (unpaired) electrons. The number of aromatic hydroxyl groups is 1. The molecule has 0 aliphatic carbocycles. The van der Waals surface area contributed by atoms with Gasteiger partial charge in [0.05, 0.1) is 39.4 Å².